The van der Waals surface area contributed by atoms with E-state index in [0.717, 1.165) is 6.07 Å². The Labute approximate surface area is 144 Å². The zero-order valence-corrected chi connectivity index (χ0v) is 13.5. The molecular formula is C15H13F3N4O2S. The molecule has 1 amide bonds. The van der Waals surface area contributed by atoms with Gasteiger partial charge in [0.05, 0.1) is 23.8 Å². The van der Waals surface area contributed by atoms with Crippen LogP contribution < -0.4 is 15.3 Å². The minimum atomic E-state index is -4.35. The number of hydroxylamine groups is 1. The number of nitrogens with one attached hydrogen (secondary N) is 1. The summed E-state index contributed by atoms with van der Waals surface area (Å²) in [5, 5.41) is 9.30. The molecule has 25 heavy (non-hydrogen) atoms. The Kier molecular flexibility index (Phi) is 3.62. The van der Waals surface area contributed by atoms with Crippen LogP contribution in [0.2, 0.25) is 0 Å². The Balaban J connectivity index is 1.44. The SMILES string of the molecule is O=C(NO)c1cnc(N2CC3C2CN3c2cccc(C(F)(F)F)c2)s1. The summed E-state index contributed by atoms with van der Waals surface area (Å²) < 4.78 is 38.5. The topological polar surface area (TPSA) is 68.7 Å². The maximum atomic E-state index is 12.8. The molecule has 0 bridgehead atoms. The van der Waals surface area contributed by atoms with Gasteiger partial charge in [0.1, 0.15) is 4.88 Å². The summed E-state index contributed by atoms with van der Waals surface area (Å²) >= 11 is 1.17. The molecule has 2 atom stereocenters. The maximum absolute atomic E-state index is 12.8. The molecule has 2 saturated heterocycles. The number of aromatic nitrogens is 1. The van der Waals surface area contributed by atoms with Crippen molar-refractivity contribution in [3.8, 4) is 0 Å². The van der Waals surface area contributed by atoms with Crippen LogP contribution in [0.5, 0.6) is 0 Å². The molecule has 2 unspecified atom stereocenters. The van der Waals surface area contributed by atoms with Crippen molar-refractivity contribution in [2.24, 2.45) is 0 Å². The Morgan fingerprint density at radius 1 is 1.28 bits per heavy atom. The third kappa shape index (κ3) is 2.61. The van der Waals surface area contributed by atoms with Crippen molar-refractivity contribution in [3.63, 3.8) is 0 Å². The number of piperazine rings is 1. The van der Waals surface area contributed by atoms with Crippen LogP contribution in [0.15, 0.2) is 30.5 Å². The molecule has 1 aromatic carbocycles. The van der Waals surface area contributed by atoms with Crippen LogP contribution >= 0.6 is 11.3 Å². The second-order valence-corrected chi connectivity index (χ2v) is 6.94. The summed E-state index contributed by atoms with van der Waals surface area (Å²) in [7, 11) is 0. The first-order valence-corrected chi connectivity index (χ1v) is 8.31. The van der Waals surface area contributed by atoms with Gasteiger partial charge in [0.2, 0.25) is 0 Å². The molecule has 2 N–H and O–H groups in total. The number of nitrogens with zero attached hydrogens (tertiary/aromatic N) is 3. The number of fused-ring (bicyclic) bond motifs is 1. The lowest BCUT2D eigenvalue weighted by molar-refractivity contribution is -0.137. The monoisotopic (exact) mass is 370 g/mol. The van der Waals surface area contributed by atoms with E-state index < -0.39 is 17.6 Å². The van der Waals surface area contributed by atoms with Gasteiger partial charge in [-0.3, -0.25) is 10.0 Å². The first kappa shape index (κ1) is 16.2. The summed E-state index contributed by atoms with van der Waals surface area (Å²) in [5.74, 6) is -0.611. The lowest BCUT2D eigenvalue weighted by atomic mass is 9.85. The highest BCUT2D eigenvalue weighted by molar-refractivity contribution is 7.17. The highest BCUT2D eigenvalue weighted by atomic mass is 32.1. The largest absolute Gasteiger partial charge is 0.416 e. The number of benzene rings is 1. The first-order chi connectivity index (χ1) is 11.9. The van der Waals surface area contributed by atoms with Crippen molar-refractivity contribution in [2.75, 3.05) is 22.9 Å². The van der Waals surface area contributed by atoms with Gasteiger partial charge in [0, 0.05) is 18.8 Å². The molecule has 0 radical (unpaired) electrons. The molecule has 0 saturated carbocycles. The van der Waals surface area contributed by atoms with E-state index in [0.29, 0.717) is 28.8 Å². The first-order valence-electron chi connectivity index (χ1n) is 7.49. The second kappa shape index (κ2) is 5.60. The summed E-state index contributed by atoms with van der Waals surface area (Å²) in [6, 6.07) is 5.65. The molecule has 0 aliphatic carbocycles. The number of thiazole rings is 1. The number of hydrogen-bond donors (Lipinski definition) is 2. The lowest BCUT2D eigenvalue weighted by Gasteiger charge is -2.62. The predicted molar refractivity (Wildman–Crippen MR) is 85.1 cm³/mol. The van der Waals surface area contributed by atoms with Crippen molar-refractivity contribution >= 4 is 28.1 Å². The van der Waals surface area contributed by atoms with E-state index in [1.165, 1.54) is 29.7 Å². The van der Waals surface area contributed by atoms with Crippen LogP contribution in [0.25, 0.3) is 0 Å². The van der Waals surface area contributed by atoms with Crippen molar-refractivity contribution in [3.05, 3.63) is 40.9 Å². The Bertz CT molecular complexity index is 825. The Hall–Kier alpha value is -2.33. The number of halogens is 3. The second-order valence-electron chi connectivity index (χ2n) is 5.94. The van der Waals surface area contributed by atoms with Gasteiger partial charge in [-0.25, -0.2) is 10.5 Å². The molecule has 2 aromatic rings. The van der Waals surface area contributed by atoms with E-state index >= 15 is 0 Å². The Morgan fingerprint density at radius 3 is 2.64 bits per heavy atom. The maximum Gasteiger partial charge on any atom is 0.416 e. The van der Waals surface area contributed by atoms with E-state index in [9.17, 15) is 18.0 Å². The third-order valence-electron chi connectivity index (χ3n) is 4.58. The number of carbonyl (C=O) groups is 1. The molecule has 3 heterocycles. The van der Waals surface area contributed by atoms with Gasteiger partial charge in [0.15, 0.2) is 5.13 Å². The average Bonchev–Trinajstić information content (AvgIpc) is 3.05. The summed E-state index contributed by atoms with van der Waals surface area (Å²) in [4.78, 5) is 19.8. The summed E-state index contributed by atoms with van der Waals surface area (Å²) in [5.41, 5.74) is 1.48. The van der Waals surface area contributed by atoms with Crippen LogP contribution in [0.1, 0.15) is 15.2 Å². The van der Waals surface area contributed by atoms with Crippen molar-refractivity contribution in [2.45, 2.75) is 18.3 Å². The quantitative estimate of drug-likeness (QED) is 0.641. The lowest BCUT2D eigenvalue weighted by Crippen LogP contribution is -2.79. The van der Waals surface area contributed by atoms with E-state index in [2.05, 4.69) is 4.98 Å². The van der Waals surface area contributed by atoms with E-state index in [4.69, 9.17) is 5.21 Å². The van der Waals surface area contributed by atoms with Crippen molar-refractivity contribution in [1.82, 2.24) is 10.5 Å². The summed E-state index contributed by atoms with van der Waals surface area (Å²) in [6.07, 6.45) is -2.96. The van der Waals surface area contributed by atoms with Gasteiger partial charge in [-0.05, 0) is 18.2 Å². The fourth-order valence-electron chi connectivity index (χ4n) is 3.19. The fraction of sp³-hybridized carbons (Fsp3) is 0.333. The minimum Gasteiger partial charge on any atom is -0.362 e. The molecule has 1 aromatic heterocycles. The van der Waals surface area contributed by atoms with Crippen LogP contribution in [0.3, 0.4) is 0 Å². The van der Waals surface area contributed by atoms with Gasteiger partial charge in [0.25, 0.3) is 5.91 Å². The zero-order chi connectivity index (χ0) is 17.8. The van der Waals surface area contributed by atoms with E-state index in [1.54, 1.807) is 11.5 Å². The normalized spacial score (nSPS) is 22.1. The number of rotatable bonds is 3. The minimum absolute atomic E-state index is 0.141. The molecule has 2 aliphatic heterocycles. The standard InChI is InChI=1S/C15H13F3N4O2S/c16-15(17,18)8-2-1-3-9(4-8)21-6-11-10(21)7-22(11)14-19-5-12(25-14)13(23)20-24/h1-5,10-11,24H,6-7H2,(H,20,23). The number of carbonyl (C=O) groups excluding carboxylic acids is 1. The highest BCUT2D eigenvalue weighted by Crippen LogP contribution is 2.42. The third-order valence-corrected chi connectivity index (χ3v) is 5.62. The molecular weight excluding hydrogens is 357 g/mol. The van der Waals surface area contributed by atoms with Crippen LogP contribution in [0.4, 0.5) is 24.0 Å². The molecule has 2 aliphatic rings. The molecule has 0 spiro atoms. The van der Waals surface area contributed by atoms with Gasteiger partial charge in [-0.1, -0.05) is 17.4 Å². The average molecular weight is 370 g/mol. The number of amides is 1. The van der Waals surface area contributed by atoms with E-state index in [1.807, 2.05) is 9.80 Å². The Morgan fingerprint density at radius 2 is 2.00 bits per heavy atom. The van der Waals surface area contributed by atoms with Gasteiger partial charge in [-0.15, -0.1) is 0 Å². The number of alkyl halides is 3. The van der Waals surface area contributed by atoms with Crippen LogP contribution in [0, 0.1) is 0 Å². The fourth-order valence-corrected chi connectivity index (χ4v) is 4.06. The molecule has 2 fully saturated rings. The summed E-state index contributed by atoms with van der Waals surface area (Å²) in [6.45, 7) is 1.24. The van der Waals surface area contributed by atoms with Gasteiger partial charge >= 0.3 is 6.18 Å². The van der Waals surface area contributed by atoms with Crippen LogP contribution in [-0.4, -0.2) is 41.3 Å². The number of anilines is 2. The van der Waals surface area contributed by atoms with Crippen molar-refractivity contribution in [1.29, 1.82) is 0 Å². The molecule has 6 nitrogen and oxygen atoms in total. The smallest absolute Gasteiger partial charge is 0.362 e. The number of hydrogen-bond acceptors (Lipinski definition) is 6. The highest BCUT2D eigenvalue weighted by Gasteiger charge is 2.52. The van der Waals surface area contributed by atoms with Crippen LogP contribution in [-0.2, 0) is 6.18 Å². The molecule has 132 valence electrons. The van der Waals surface area contributed by atoms with Gasteiger partial charge in [-0.2, -0.15) is 13.2 Å². The molecule has 10 heteroatoms. The van der Waals surface area contributed by atoms with Gasteiger partial charge < -0.3 is 9.80 Å². The zero-order valence-electron chi connectivity index (χ0n) is 12.7. The predicted octanol–water partition coefficient (Wildman–Crippen LogP) is 2.36. The van der Waals surface area contributed by atoms with E-state index in [-0.39, 0.29) is 12.1 Å². The van der Waals surface area contributed by atoms with Crippen molar-refractivity contribution < 1.29 is 23.2 Å². The molecule has 4 rings (SSSR count).